The van der Waals surface area contributed by atoms with Crippen molar-refractivity contribution in [3.05, 3.63) is 0 Å². The summed E-state index contributed by atoms with van der Waals surface area (Å²) in [6.07, 6.45) is -0.922. The van der Waals surface area contributed by atoms with E-state index < -0.39 is 11.6 Å². The molecule has 0 bridgehead atoms. The number of ether oxygens (including phenoxy) is 1. The lowest BCUT2D eigenvalue weighted by Gasteiger charge is -2.32. The molecule has 0 aliphatic heterocycles. The van der Waals surface area contributed by atoms with Gasteiger partial charge in [-0.15, -0.1) is 0 Å². The summed E-state index contributed by atoms with van der Waals surface area (Å²) in [6, 6.07) is 0. The number of hydrogen-bond donors (Lipinski definition) is 2. The van der Waals surface area contributed by atoms with Gasteiger partial charge in [0.25, 0.3) is 0 Å². The Morgan fingerprint density at radius 2 is 2.00 bits per heavy atom. The molecule has 0 spiro atoms. The lowest BCUT2D eigenvalue weighted by molar-refractivity contribution is 0.0633. The molecule has 5 nitrogen and oxygen atoms in total. The van der Waals surface area contributed by atoms with Crippen LogP contribution in [0.25, 0.3) is 0 Å². The van der Waals surface area contributed by atoms with Crippen LogP contribution in [-0.2, 0) is 4.74 Å². The number of hydrogen-bond acceptors (Lipinski definition) is 3. The number of nitrogens with two attached hydrogens (primary N) is 1. The Kier molecular flexibility index (Phi) is 5.49. The zero-order chi connectivity index (χ0) is 11.2. The number of nitrogens with zero attached hydrogens (tertiary/aromatic N) is 1. The van der Waals surface area contributed by atoms with E-state index in [2.05, 4.69) is 0 Å². The van der Waals surface area contributed by atoms with E-state index in [4.69, 9.17) is 15.6 Å². The fourth-order valence-electron chi connectivity index (χ4n) is 1.06. The molecule has 0 aromatic carbocycles. The second-order valence-corrected chi connectivity index (χ2v) is 4.01. The molecule has 0 unspecified atom stereocenters. The molecule has 0 saturated carbocycles. The average Bonchev–Trinajstić information content (AvgIpc) is 2.01. The number of amides is 1. The standard InChI is InChI=1S/C9H20N2O3/c1-9(2,3)11(8(12)13)5-7-14-6-4-10/h4-7,10H2,1-3H3,(H,12,13). The third-order valence-electron chi connectivity index (χ3n) is 1.76. The maximum Gasteiger partial charge on any atom is 0.407 e. The van der Waals surface area contributed by atoms with Crippen LogP contribution in [0.15, 0.2) is 0 Å². The van der Waals surface area contributed by atoms with Crippen LogP contribution >= 0.6 is 0 Å². The van der Waals surface area contributed by atoms with Crippen molar-refractivity contribution in [2.45, 2.75) is 26.3 Å². The van der Waals surface area contributed by atoms with E-state index in [0.717, 1.165) is 0 Å². The summed E-state index contributed by atoms with van der Waals surface area (Å²) in [5.74, 6) is 0. The van der Waals surface area contributed by atoms with Crippen molar-refractivity contribution in [3.8, 4) is 0 Å². The summed E-state index contributed by atoms with van der Waals surface area (Å²) < 4.78 is 5.13. The van der Waals surface area contributed by atoms with Gasteiger partial charge in [0.15, 0.2) is 0 Å². The summed E-state index contributed by atoms with van der Waals surface area (Å²) in [7, 11) is 0. The maximum absolute atomic E-state index is 10.9. The van der Waals surface area contributed by atoms with Crippen molar-refractivity contribution in [1.82, 2.24) is 4.90 Å². The minimum absolute atomic E-state index is 0.374. The molecule has 3 N–H and O–H groups in total. The Hall–Kier alpha value is -0.810. The molecule has 0 heterocycles. The van der Waals surface area contributed by atoms with Crippen molar-refractivity contribution in [2.75, 3.05) is 26.3 Å². The summed E-state index contributed by atoms with van der Waals surface area (Å²) in [5, 5.41) is 8.91. The Labute approximate surface area is 84.8 Å². The molecule has 84 valence electrons. The monoisotopic (exact) mass is 204 g/mol. The summed E-state index contributed by atoms with van der Waals surface area (Å²) in [6.45, 7) is 7.25. The predicted octanol–water partition coefficient (Wildman–Crippen LogP) is 0.740. The largest absolute Gasteiger partial charge is 0.465 e. The first kappa shape index (κ1) is 13.2. The van der Waals surface area contributed by atoms with E-state index in [1.54, 1.807) is 0 Å². The fourth-order valence-corrected chi connectivity index (χ4v) is 1.06. The minimum atomic E-state index is -0.922. The quantitative estimate of drug-likeness (QED) is 0.648. The van der Waals surface area contributed by atoms with Gasteiger partial charge in [-0.25, -0.2) is 4.79 Å². The van der Waals surface area contributed by atoms with Crippen molar-refractivity contribution in [2.24, 2.45) is 5.73 Å². The molecule has 0 rings (SSSR count). The second kappa shape index (κ2) is 5.82. The maximum atomic E-state index is 10.9. The highest BCUT2D eigenvalue weighted by atomic mass is 16.5. The molecule has 0 aromatic heterocycles. The highest BCUT2D eigenvalue weighted by molar-refractivity contribution is 5.65. The summed E-state index contributed by atoms with van der Waals surface area (Å²) >= 11 is 0. The zero-order valence-corrected chi connectivity index (χ0v) is 9.12. The normalized spacial score (nSPS) is 11.4. The van der Waals surface area contributed by atoms with Crippen molar-refractivity contribution >= 4 is 6.09 Å². The summed E-state index contributed by atoms with van der Waals surface area (Å²) in [5.41, 5.74) is 4.85. The SMILES string of the molecule is CC(C)(C)N(CCOCCN)C(=O)O. The molecule has 0 atom stereocenters. The molecule has 1 amide bonds. The van der Waals surface area contributed by atoms with Crippen LogP contribution in [0.1, 0.15) is 20.8 Å². The topological polar surface area (TPSA) is 75.8 Å². The first-order valence-electron chi connectivity index (χ1n) is 4.68. The Morgan fingerprint density at radius 3 is 2.36 bits per heavy atom. The average molecular weight is 204 g/mol. The van der Waals surface area contributed by atoms with Gasteiger partial charge in [-0.05, 0) is 20.8 Å². The van der Waals surface area contributed by atoms with Crippen molar-refractivity contribution < 1.29 is 14.6 Å². The van der Waals surface area contributed by atoms with Gasteiger partial charge in [0, 0.05) is 18.6 Å². The van der Waals surface area contributed by atoms with Crippen LogP contribution < -0.4 is 5.73 Å². The van der Waals surface area contributed by atoms with Gasteiger partial charge in [-0.3, -0.25) is 0 Å². The Bertz CT molecular complexity index is 177. The van der Waals surface area contributed by atoms with E-state index in [1.807, 2.05) is 20.8 Å². The molecule has 5 heteroatoms. The van der Waals surface area contributed by atoms with Crippen LogP contribution in [0.2, 0.25) is 0 Å². The molecule has 0 radical (unpaired) electrons. The molecular formula is C9H20N2O3. The molecule has 14 heavy (non-hydrogen) atoms. The van der Waals surface area contributed by atoms with Gasteiger partial charge in [0.05, 0.1) is 13.2 Å². The van der Waals surface area contributed by atoms with Gasteiger partial charge in [-0.1, -0.05) is 0 Å². The van der Waals surface area contributed by atoms with E-state index >= 15 is 0 Å². The molecular weight excluding hydrogens is 184 g/mol. The van der Waals surface area contributed by atoms with Gasteiger partial charge < -0.3 is 20.5 Å². The van der Waals surface area contributed by atoms with Gasteiger partial charge in [-0.2, -0.15) is 0 Å². The highest BCUT2D eigenvalue weighted by Crippen LogP contribution is 2.12. The van der Waals surface area contributed by atoms with Crippen LogP contribution in [0.3, 0.4) is 0 Å². The fraction of sp³-hybridized carbons (Fsp3) is 0.889. The third kappa shape index (κ3) is 5.04. The van der Waals surface area contributed by atoms with Crippen LogP contribution in [0.4, 0.5) is 4.79 Å². The highest BCUT2D eigenvalue weighted by Gasteiger charge is 2.25. The van der Waals surface area contributed by atoms with Crippen LogP contribution in [-0.4, -0.2) is 47.9 Å². The molecule has 0 fully saturated rings. The third-order valence-corrected chi connectivity index (χ3v) is 1.76. The Morgan fingerprint density at radius 1 is 1.43 bits per heavy atom. The second-order valence-electron chi connectivity index (χ2n) is 4.01. The lowest BCUT2D eigenvalue weighted by atomic mass is 10.1. The van der Waals surface area contributed by atoms with E-state index in [9.17, 15) is 4.79 Å². The van der Waals surface area contributed by atoms with Crippen LogP contribution in [0.5, 0.6) is 0 Å². The van der Waals surface area contributed by atoms with Crippen molar-refractivity contribution in [1.29, 1.82) is 0 Å². The molecule has 0 saturated heterocycles. The number of rotatable bonds is 5. The van der Waals surface area contributed by atoms with Crippen LogP contribution in [0, 0.1) is 0 Å². The Balaban J connectivity index is 3.94. The smallest absolute Gasteiger partial charge is 0.407 e. The summed E-state index contributed by atoms with van der Waals surface area (Å²) in [4.78, 5) is 12.2. The number of carbonyl (C=O) groups is 1. The molecule has 0 aliphatic rings. The van der Waals surface area contributed by atoms with E-state index in [0.29, 0.717) is 26.3 Å². The van der Waals surface area contributed by atoms with E-state index in [-0.39, 0.29) is 0 Å². The minimum Gasteiger partial charge on any atom is -0.465 e. The van der Waals surface area contributed by atoms with Gasteiger partial charge in [0.2, 0.25) is 0 Å². The number of carboxylic acid groups (broad SMARTS) is 1. The predicted molar refractivity (Wildman–Crippen MR) is 54.4 cm³/mol. The zero-order valence-electron chi connectivity index (χ0n) is 9.12. The lowest BCUT2D eigenvalue weighted by Crippen LogP contribution is -2.46. The van der Waals surface area contributed by atoms with Gasteiger partial charge in [0.1, 0.15) is 0 Å². The first-order chi connectivity index (χ1) is 6.39. The van der Waals surface area contributed by atoms with E-state index in [1.165, 1.54) is 4.90 Å². The first-order valence-corrected chi connectivity index (χ1v) is 4.68. The molecule has 0 aromatic rings. The molecule has 0 aliphatic carbocycles. The van der Waals surface area contributed by atoms with Gasteiger partial charge >= 0.3 is 6.09 Å². The van der Waals surface area contributed by atoms with Crippen molar-refractivity contribution in [3.63, 3.8) is 0 Å².